The third kappa shape index (κ3) is 11.1. The molecule has 3 rings (SSSR count). The molecule has 0 saturated heterocycles. The average Bonchev–Trinajstić information content (AvgIpc) is 3.33. The van der Waals surface area contributed by atoms with Gasteiger partial charge in [-0.25, -0.2) is 14.4 Å². The summed E-state index contributed by atoms with van der Waals surface area (Å²) in [7, 11) is 3.13. The van der Waals surface area contributed by atoms with Crippen LogP contribution in [0.1, 0.15) is 36.3 Å². The number of benzene rings is 2. The zero-order valence-electron chi connectivity index (χ0n) is 24.8. The van der Waals surface area contributed by atoms with E-state index in [1.54, 1.807) is 14.2 Å². The highest BCUT2D eigenvalue weighted by molar-refractivity contribution is 5.81. The maximum Gasteiger partial charge on any atom is 0.407 e. The summed E-state index contributed by atoms with van der Waals surface area (Å²) in [6, 6.07) is 14.8. The largest absolute Gasteiger partial charge is 0.480 e. The van der Waals surface area contributed by atoms with Gasteiger partial charge in [0, 0.05) is 26.7 Å². The SMILES string of the molecule is COCCOCC(COCCOC)OC(=O)NCCCC[C@@H](NC(=O)OCC1c2ccccc2-c2ccccc21)C(=O)O. The summed E-state index contributed by atoms with van der Waals surface area (Å²) in [6.45, 7) is 2.17. The minimum atomic E-state index is -1.16. The van der Waals surface area contributed by atoms with Gasteiger partial charge in [-0.3, -0.25) is 0 Å². The molecule has 2 aromatic rings. The minimum Gasteiger partial charge on any atom is -0.480 e. The lowest BCUT2D eigenvalue weighted by molar-refractivity contribution is -0.139. The Bertz CT molecular complexity index is 1100. The molecule has 2 aromatic carbocycles. The standard InChI is InChI=1S/C31H42N2O10/c1-38-15-17-40-19-22(20-41-18-16-39-2)43-30(36)32-14-8-7-13-28(29(34)35)33-31(37)42-21-27-25-11-5-3-9-23(25)24-10-4-6-12-26(24)27/h3-6,9-12,22,27-28H,7-8,13-21H2,1-2H3,(H,32,36)(H,33,37)(H,34,35)/t28-/m1/s1. The van der Waals surface area contributed by atoms with E-state index in [1.807, 2.05) is 48.5 Å². The molecule has 0 saturated carbocycles. The Kier molecular flexibility index (Phi) is 14.7. The molecular weight excluding hydrogens is 560 g/mol. The van der Waals surface area contributed by atoms with Gasteiger partial charge in [0.2, 0.25) is 0 Å². The zero-order chi connectivity index (χ0) is 30.9. The first-order valence-electron chi connectivity index (χ1n) is 14.4. The molecule has 0 spiro atoms. The number of ether oxygens (including phenoxy) is 6. The van der Waals surface area contributed by atoms with E-state index in [9.17, 15) is 19.5 Å². The van der Waals surface area contributed by atoms with E-state index >= 15 is 0 Å². The quantitative estimate of drug-likeness (QED) is 0.192. The lowest BCUT2D eigenvalue weighted by atomic mass is 9.98. The molecule has 43 heavy (non-hydrogen) atoms. The van der Waals surface area contributed by atoms with Crippen LogP contribution in [0, 0.1) is 0 Å². The molecule has 1 aliphatic rings. The first-order valence-corrected chi connectivity index (χ1v) is 14.4. The third-order valence-electron chi connectivity index (χ3n) is 6.87. The molecule has 0 bridgehead atoms. The second-order valence-corrected chi connectivity index (χ2v) is 9.95. The van der Waals surface area contributed by atoms with Crippen LogP contribution in [0.25, 0.3) is 11.1 Å². The van der Waals surface area contributed by atoms with Crippen LogP contribution in [0.3, 0.4) is 0 Å². The van der Waals surface area contributed by atoms with Crippen molar-refractivity contribution >= 4 is 18.2 Å². The number of amides is 2. The lowest BCUT2D eigenvalue weighted by Gasteiger charge is -2.19. The maximum absolute atomic E-state index is 12.5. The normalized spacial score (nSPS) is 12.8. The summed E-state index contributed by atoms with van der Waals surface area (Å²) in [4.78, 5) is 36.6. The number of carboxylic acid groups (broad SMARTS) is 1. The van der Waals surface area contributed by atoms with E-state index in [0.717, 1.165) is 22.3 Å². The molecule has 0 aromatic heterocycles. The van der Waals surface area contributed by atoms with E-state index in [0.29, 0.717) is 39.3 Å². The van der Waals surface area contributed by atoms with Crippen LogP contribution in [0.15, 0.2) is 48.5 Å². The molecule has 236 valence electrons. The molecule has 1 atom stereocenters. The summed E-state index contributed by atoms with van der Waals surface area (Å²) >= 11 is 0. The molecule has 3 N–H and O–H groups in total. The number of carbonyl (C=O) groups excluding carboxylic acids is 2. The van der Waals surface area contributed by atoms with Crippen molar-refractivity contribution in [1.82, 2.24) is 10.6 Å². The first kappa shape index (κ1) is 33.8. The van der Waals surface area contributed by atoms with Crippen LogP contribution in [-0.4, -0.2) is 102 Å². The van der Waals surface area contributed by atoms with Gasteiger partial charge in [0.15, 0.2) is 6.10 Å². The molecule has 0 radical (unpaired) electrons. The predicted octanol–water partition coefficient (Wildman–Crippen LogP) is 3.57. The molecule has 0 unspecified atom stereocenters. The molecule has 2 amide bonds. The van der Waals surface area contributed by atoms with Crippen molar-refractivity contribution in [1.29, 1.82) is 0 Å². The Balaban J connectivity index is 1.37. The Hall–Kier alpha value is -3.71. The number of alkyl carbamates (subject to hydrolysis) is 2. The van der Waals surface area contributed by atoms with Gasteiger partial charge in [-0.2, -0.15) is 0 Å². The number of methoxy groups -OCH3 is 2. The zero-order valence-corrected chi connectivity index (χ0v) is 24.8. The van der Waals surface area contributed by atoms with Crippen molar-refractivity contribution < 1.29 is 47.9 Å². The number of hydrogen-bond donors (Lipinski definition) is 3. The summed E-state index contributed by atoms with van der Waals surface area (Å²) in [5.74, 6) is -1.29. The molecule has 12 heteroatoms. The van der Waals surface area contributed by atoms with Gasteiger partial charge in [0.1, 0.15) is 12.6 Å². The van der Waals surface area contributed by atoms with Crippen molar-refractivity contribution in [2.24, 2.45) is 0 Å². The van der Waals surface area contributed by atoms with Crippen LogP contribution >= 0.6 is 0 Å². The van der Waals surface area contributed by atoms with Gasteiger partial charge < -0.3 is 44.2 Å². The number of carbonyl (C=O) groups is 3. The summed E-state index contributed by atoms with van der Waals surface area (Å²) in [6.07, 6.45) is -0.967. The van der Waals surface area contributed by atoms with E-state index in [1.165, 1.54) is 0 Å². The lowest BCUT2D eigenvalue weighted by Crippen LogP contribution is -2.41. The van der Waals surface area contributed by atoms with Crippen molar-refractivity contribution in [3.05, 3.63) is 59.7 Å². The smallest absolute Gasteiger partial charge is 0.407 e. The number of carboxylic acids is 1. The number of aliphatic carboxylic acids is 1. The fourth-order valence-electron chi connectivity index (χ4n) is 4.73. The van der Waals surface area contributed by atoms with Gasteiger partial charge in [-0.1, -0.05) is 48.5 Å². The Labute approximate surface area is 251 Å². The van der Waals surface area contributed by atoms with Gasteiger partial charge in [-0.15, -0.1) is 0 Å². The fourth-order valence-corrected chi connectivity index (χ4v) is 4.73. The Morgan fingerprint density at radius 3 is 1.95 bits per heavy atom. The molecule has 0 heterocycles. The molecular formula is C31H42N2O10. The summed E-state index contributed by atoms with van der Waals surface area (Å²) < 4.78 is 31.7. The van der Waals surface area contributed by atoms with Gasteiger partial charge in [0.05, 0.1) is 39.6 Å². The third-order valence-corrected chi connectivity index (χ3v) is 6.87. The van der Waals surface area contributed by atoms with Crippen LogP contribution in [0.2, 0.25) is 0 Å². The predicted molar refractivity (Wildman–Crippen MR) is 157 cm³/mol. The van der Waals surface area contributed by atoms with Crippen LogP contribution in [-0.2, 0) is 33.2 Å². The van der Waals surface area contributed by atoms with Crippen molar-refractivity contribution in [2.75, 3.05) is 67.0 Å². The number of rotatable bonds is 20. The molecule has 12 nitrogen and oxygen atoms in total. The first-order chi connectivity index (χ1) is 20.9. The highest BCUT2D eigenvalue weighted by Crippen LogP contribution is 2.44. The summed E-state index contributed by atoms with van der Waals surface area (Å²) in [5, 5.41) is 14.7. The number of fused-ring (bicyclic) bond motifs is 3. The van der Waals surface area contributed by atoms with Crippen molar-refractivity contribution in [2.45, 2.75) is 37.3 Å². The Morgan fingerprint density at radius 1 is 0.814 bits per heavy atom. The second kappa shape index (κ2) is 18.7. The van der Waals surface area contributed by atoms with E-state index in [-0.39, 0.29) is 38.7 Å². The topological polar surface area (TPSA) is 151 Å². The number of hydrogen-bond acceptors (Lipinski definition) is 9. The second-order valence-electron chi connectivity index (χ2n) is 9.95. The van der Waals surface area contributed by atoms with Gasteiger partial charge >= 0.3 is 18.2 Å². The van der Waals surface area contributed by atoms with Crippen molar-refractivity contribution in [3.8, 4) is 11.1 Å². The highest BCUT2D eigenvalue weighted by atomic mass is 16.6. The van der Waals surface area contributed by atoms with Crippen molar-refractivity contribution in [3.63, 3.8) is 0 Å². The van der Waals surface area contributed by atoms with Crippen LogP contribution in [0.5, 0.6) is 0 Å². The van der Waals surface area contributed by atoms with Gasteiger partial charge in [-0.05, 0) is 41.5 Å². The number of nitrogens with one attached hydrogen (secondary N) is 2. The van der Waals surface area contributed by atoms with E-state index < -0.39 is 30.3 Å². The molecule has 1 aliphatic carbocycles. The van der Waals surface area contributed by atoms with Crippen LogP contribution in [0.4, 0.5) is 9.59 Å². The van der Waals surface area contributed by atoms with E-state index in [2.05, 4.69) is 10.6 Å². The monoisotopic (exact) mass is 602 g/mol. The minimum absolute atomic E-state index is 0.0913. The fraction of sp³-hybridized carbons (Fsp3) is 0.516. The highest BCUT2D eigenvalue weighted by Gasteiger charge is 2.29. The Morgan fingerprint density at radius 2 is 1.40 bits per heavy atom. The average molecular weight is 603 g/mol. The van der Waals surface area contributed by atoms with Crippen LogP contribution < -0.4 is 10.6 Å². The van der Waals surface area contributed by atoms with Gasteiger partial charge in [0.25, 0.3) is 0 Å². The maximum atomic E-state index is 12.5. The van der Waals surface area contributed by atoms with E-state index in [4.69, 9.17) is 28.4 Å². The summed E-state index contributed by atoms with van der Waals surface area (Å²) in [5.41, 5.74) is 4.35. The molecule has 0 aliphatic heterocycles. The number of unbranched alkanes of at least 4 members (excludes halogenated alkanes) is 1. The molecule has 0 fully saturated rings.